The van der Waals surface area contributed by atoms with E-state index < -0.39 is 0 Å². The number of aryl methyl sites for hydroxylation is 3. The minimum absolute atomic E-state index is 0.0407. The molecule has 4 heteroatoms. The SMILES string of the molecule is CCc1nnc(C)cc1C(=O)c1cncc(C)c1. The van der Waals surface area contributed by atoms with E-state index in [2.05, 4.69) is 15.2 Å². The maximum absolute atomic E-state index is 12.4. The second-order valence-electron chi connectivity index (χ2n) is 4.28. The molecule has 0 bridgehead atoms. The van der Waals surface area contributed by atoms with Gasteiger partial charge in [0.1, 0.15) is 0 Å². The number of rotatable bonds is 3. The van der Waals surface area contributed by atoms with Gasteiger partial charge in [0.05, 0.1) is 11.4 Å². The predicted molar refractivity (Wildman–Crippen MR) is 68.6 cm³/mol. The largest absolute Gasteiger partial charge is 0.288 e. The Balaban J connectivity index is 2.48. The molecule has 0 aliphatic carbocycles. The molecule has 0 saturated heterocycles. The predicted octanol–water partition coefficient (Wildman–Crippen LogP) is 2.28. The zero-order chi connectivity index (χ0) is 13.1. The number of aromatic nitrogens is 3. The van der Waals surface area contributed by atoms with E-state index in [-0.39, 0.29) is 5.78 Å². The van der Waals surface area contributed by atoms with Crippen molar-refractivity contribution >= 4 is 5.78 Å². The average molecular weight is 241 g/mol. The van der Waals surface area contributed by atoms with E-state index >= 15 is 0 Å². The van der Waals surface area contributed by atoms with Crippen LogP contribution in [0.1, 0.15) is 39.8 Å². The van der Waals surface area contributed by atoms with Gasteiger partial charge in [-0.25, -0.2) is 0 Å². The number of carbonyl (C=O) groups is 1. The van der Waals surface area contributed by atoms with Crippen LogP contribution in [0.3, 0.4) is 0 Å². The fourth-order valence-corrected chi connectivity index (χ4v) is 1.81. The van der Waals surface area contributed by atoms with Gasteiger partial charge in [-0.2, -0.15) is 10.2 Å². The van der Waals surface area contributed by atoms with Gasteiger partial charge in [0.15, 0.2) is 5.78 Å². The number of nitrogens with zero attached hydrogens (tertiary/aromatic N) is 3. The smallest absolute Gasteiger partial charge is 0.196 e. The van der Waals surface area contributed by atoms with E-state index in [1.54, 1.807) is 18.5 Å². The Labute approximate surface area is 106 Å². The van der Waals surface area contributed by atoms with Gasteiger partial charge in [-0.1, -0.05) is 6.92 Å². The monoisotopic (exact) mass is 241 g/mol. The highest BCUT2D eigenvalue weighted by Crippen LogP contribution is 2.14. The molecule has 18 heavy (non-hydrogen) atoms. The van der Waals surface area contributed by atoms with Crippen molar-refractivity contribution in [2.45, 2.75) is 27.2 Å². The quantitative estimate of drug-likeness (QED) is 0.773. The van der Waals surface area contributed by atoms with E-state index in [1.165, 1.54) is 0 Å². The maximum Gasteiger partial charge on any atom is 0.196 e. The Morgan fingerprint density at radius 2 is 1.94 bits per heavy atom. The first kappa shape index (κ1) is 12.4. The summed E-state index contributed by atoms with van der Waals surface area (Å²) in [5, 5.41) is 8.06. The standard InChI is InChI=1S/C14H15N3O/c1-4-13-12(6-10(3)16-17-13)14(18)11-5-9(2)7-15-8-11/h5-8H,4H2,1-3H3. The van der Waals surface area contributed by atoms with Crippen LogP contribution in [-0.4, -0.2) is 21.0 Å². The van der Waals surface area contributed by atoms with E-state index in [0.717, 1.165) is 17.0 Å². The molecule has 0 saturated carbocycles. The lowest BCUT2D eigenvalue weighted by Gasteiger charge is -2.06. The molecule has 0 unspecified atom stereocenters. The molecule has 0 aromatic carbocycles. The minimum Gasteiger partial charge on any atom is -0.288 e. The highest BCUT2D eigenvalue weighted by atomic mass is 16.1. The van der Waals surface area contributed by atoms with Crippen LogP contribution in [0.5, 0.6) is 0 Å². The van der Waals surface area contributed by atoms with Gasteiger partial charge < -0.3 is 0 Å². The van der Waals surface area contributed by atoms with Crippen LogP contribution in [0.2, 0.25) is 0 Å². The molecule has 4 nitrogen and oxygen atoms in total. The molecule has 0 radical (unpaired) electrons. The molecule has 2 aromatic heterocycles. The molecule has 0 spiro atoms. The summed E-state index contributed by atoms with van der Waals surface area (Å²) in [5.74, 6) is -0.0407. The third kappa shape index (κ3) is 2.42. The summed E-state index contributed by atoms with van der Waals surface area (Å²) in [5.41, 5.74) is 3.66. The molecule has 2 rings (SSSR count). The van der Waals surface area contributed by atoms with Crippen LogP contribution in [0.25, 0.3) is 0 Å². The van der Waals surface area contributed by atoms with Crippen molar-refractivity contribution < 1.29 is 4.79 Å². The molecular weight excluding hydrogens is 226 g/mol. The molecular formula is C14H15N3O. The van der Waals surface area contributed by atoms with E-state index in [0.29, 0.717) is 17.5 Å². The zero-order valence-corrected chi connectivity index (χ0v) is 10.8. The van der Waals surface area contributed by atoms with Gasteiger partial charge in [0, 0.05) is 23.5 Å². The number of pyridine rings is 1. The van der Waals surface area contributed by atoms with Gasteiger partial charge in [-0.3, -0.25) is 9.78 Å². The van der Waals surface area contributed by atoms with Crippen LogP contribution in [0.15, 0.2) is 24.5 Å². The Morgan fingerprint density at radius 3 is 2.61 bits per heavy atom. The van der Waals surface area contributed by atoms with Gasteiger partial charge in [-0.15, -0.1) is 0 Å². The molecule has 0 amide bonds. The van der Waals surface area contributed by atoms with Gasteiger partial charge in [0.25, 0.3) is 0 Å². The number of hydrogen-bond donors (Lipinski definition) is 0. The van der Waals surface area contributed by atoms with Crippen molar-refractivity contribution in [3.05, 3.63) is 52.6 Å². The molecule has 2 aromatic rings. The molecule has 0 N–H and O–H groups in total. The first-order valence-electron chi connectivity index (χ1n) is 5.91. The third-order valence-electron chi connectivity index (χ3n) is 2.71. The van der Waals surface area contributed by atoms with Crippen molar-refractivity contribution in [3.63, 3.8) is 0 Å². The summed E-state index contributed by atoms with van der Waals surface area (Å²) in [6, 6.07) is 3.63. The molecule has 0 aliphatic rings. The first-order valence-corrected chi connectivity index (χ1v) is 5.91. The lowest BCUT2D eigenvalue weighted by atomic mass is 10.0. The lowest BCUT2D eigenvalue weighted by molar-refractivity contribution is 0.103. The van der Waals surface area contributed by atoms with E-state index in [4.69, 9.17) is 0 Å². The van der Waals surface area contributed by atoms with Crippen molar-refractivity contribution in [2.24, 2.45) is 0 Å². The minimum atomic E-state index is -0.0407. The van der Waals surface area contributed by atoms with Crippen LogP contribution in [0.4, 0.5) is 0 Å². The van der Waals surface area contributed by atoms with Crippen molar-refractivity contribution in [2.75, 3.05) is 0 Å². The van der Waals surface area contributed by atoms with Crippen LogP contribution >= 0.6 is 0 Å². The second kappa shape index (κ2) is 5.04. The zero-order valence-electron chi connectivity index (χ0n) is 10.8. The number of hydrogen-bond acceptors (Lipinski definition) is 4. The number of carbonyl (C=O) groups excluding carboxylic acids is 1. The summed E-state index contributed by atoms with van der Waals surface area (Å²) in [4.78, 5) is 16.5. The molecule has 92 valence electrons. The Kier molecular flexibility index (Phi) is 3.46. The summed E-state index contributed by atoms with van der Waals surface area (Å²) >= 11 is 0. The lowest BCUT2D eigenvalue weighted by Crippen LogP contribution is -2.09. The molecule has 0 aliphatic heterocycles. The summed E-state index contributed by atoms with van der Waals surface area (Å²) in [6.07, 6.45) is 4.01. The van der Waals surface area contributed by atoms with Crippen molar-refractivity contribution in [1.29, 1.82) is 0 Å². The summed E-state index contributed by atoms with van der Waals surface area (Å²) in [7, 11) is 0. The van der Waals surface area contributed by atoms with Crippen LogP contribution < -0.4 is 0 Å². The summed E-state index contributed by atoms with van der Waals surface area (Å²) < 4.78 is 0. The molecule has 0 fully saturated rings. The average Bonchev–Trinajstić information content (AvgIpc) is 2.38. The Hall–Kier alpha value is -2.10. The van der Waals surface area contributed by atoms with Gasteiger partial charge in [0.2, 0.25) is 0 Å². The van der Waals surface area contributed by atoms with Crippen LogP contribution in [0, 0.1) is 13.8 Å². The maximum atomic E-state index is 12.4. The van der Waals surface area contributed by atoms with Gasteiger partial charge >= 0.3 is 0 Å². The Morgan fingerprint density at radius 1 is 1.17 bits per heavy atom. The van der Waals surface area contributed by atoms with E-state index in [1.807, 2.05) is 26.8 Å². The van der Waals surface area contributed by atoms with E-state index in [9.17, 15) is 4.79 Å². The normalized spacial score (nSPS) is 10.4. The fraction of sp³-hybridized carbons (Fsp3) is 0.286. The van der Waals surface area contributed by atoms with Crippen LogP contribution in [-0.2, 0) is 6.42 Å². The Bertz CT molecular complexity index is 593. The third-order valence-corrected chi connectivity index (χ3v) is 2.71. The number of ketones is 1. The second-order valence-corrected chi connectivity index (χ2v) is 4.28. The van der Waals surface area contributed by atoms with Crippen molar-refractivity contribution in [1.82, 2.24) is 15.2 Å². The summed E-state index contributed by atoms with van der Waals surface area (Å²) in [6.45, 7) is 5.71. The molecule has 2 heterocycles. The first-order chi connectivity index (χ1) is 8.61. The van der Waals surface area contributed by atoms with Crippen molar-refractivity contribution in [3.8, 4) is 0 Å². The highest BCUT2D eigenvalue weighted by Gasteiger charge is 2.15. The highest BCUT2D eigenvalue weighted by molar-refractivity contribution is 6.09. The van der Waals surface area contributed by atoms with Gasteiger partial charge in [-0.05, 0) is 38.0 Å². The molecule has 0 atom stereocenters. The fourth-order valence-electron chi connectivity index (χ4n) is 1.81. The topological polar surface area (TPSA) is 55.7 Å².